The molecular weight excluding hydrogens is 476 g/mol. The van der Waals surface area contributed by atoms with E-state index >= 15 is 0 Å². The van der Waals surface area contributed by atoms with Crippen molar-refractivity contribution >= 4 is 23.2 Å². The molecular formula is C28H27ClN4O3. The van der Waals surface area contributed by atoms with Crippen molar-refractivity contribution in [2.24, 2.45) is 0 Å². The lowest BCUT2D eigenvalue weighted by Crippen LogP contribution is -2.37. The van der Waals surface area contributed by atoms with E-state index in [1.54, 1.807) is 18.2 Å². The van der Waals surface area contributed by atoms with Crippen molar-refractivity contribution in [3.05, 3.63) is 88.7 Å². The number of aliphatic hydroxyl groups excluding tert-OH is 1. The fraction of sp³-hybridized carbons (Fsp3) is 0.250. The van der Waals surface area contributed by atoms with Gasteiger partial charge in [-0.2, -0.15) is 5.26 Å². The summed E-state index contributed by atoms with van der Waals surface area (Å²) < 4.78 is 7.52. The summed E-state index contributed by atoms with van der Waals surface area (Å²) in [5, 5.41) is 22.6. The Morgan fingerprint density at radius 2 is 2.00 bits per heavy atom. The summed E-state index contributed by atoms with van der Waals surface area (Å²) in [6.45, 7) is 3.69. The molecule has 4 rings (SSSR count). The topological polar surface area (TPSA) is 99.7 Å². The number of carbonyl (C=O) groups is 1. The van der Waals surface area contributed by atoms with Crippen LogP contribution in [0.2, 0.25) is 5.02 Å². The number of nitrogens with one attached hydrogen (secondary N) is 1. The zero-order chi connectivity index (χ0) is 25.7. The molecule has 0 bridgehead atoms. The predicted molar refractivity (Wildman–Crippen MR) is 139 cm³/mol. The minimum atomic E-state index is -0.306. The highest BCUT2D eigenvalue weighted by molar-refractivity contribution is 6.33. The van der Waals surface area contributed by atoms with Gasteiger partial charge in [-0.25, -0.2) is 4.98 Å². The third-order valence-electron chi connectivity index (χ3n) is 5.70. The summed E-state index contributed by atoms with van der Waals surface area (Å²) in [4.78, 5) is 17.5. The minimum Gasteiger partial charge on any atom is -0.490 e. The number of pyridine rings is 1. The van der Waals surface area contributed by atoms with E-state index < -0.39 is 0 Å². The molecule has 2 aromatic carbocycles. The Morgan fingerprint density at radius 1 is 1.22 bits per heavy atom. The van der Waals surface area contributed by atoms with E-state index in [0.29, 0.717) is 40.4 Å². The van der Waals surface area contributed by atoms with Crippen molar-refractivity contribution in [1.29, 1.82) is 5.26 Å². The van der Waals surface area contributed by atoms with Crippen LogP contribution in [-0.4, -0.2) is 39.2 Å². The Labute approximate surface area is 214 Å². The van der Waals surface area contributed by atoms with Gasteiger partial charge in [0, 0.05) is 36.2 Å². The maximum atomic E-state index is 12.9. The Kier molecular flexibility index (Phi) is 7.89. The summed E-state index contributed by atoms with van der Waals surface area (Å²) in [6, 6.07) is 18.2. The van der Waals surface area contributed by atoms with Crippen molar-refractivity contribution in [1.82, 2.24) is 14.7 Å². The lowest BCUT2D eigenvalue weighted by molar-refractivity contribution is 0.0930. The van der Waals surface area contributed by atoms with Gasteiger partial charge in [0.1, 0.15) is 11.8 Å². The second-order valence-electron chi connectivity index (χ2n) is 8.79. The molecule has 0 radical (unpaired) electrons. The largest absolute Gasteiger partial charge is 0.490 e. The molecule has 0 fully saturated rings. The third-order valence-corrected chi connectivity index (χ3v) is 6.00. The molecule has 2 heterocycles. The molecule has 0 aliphatic heterocycles. The first-order chi connectivity index (χ1) is 17.4. The molecule has 2 N–H and O–H groups in total. The van der Waals surface area contributed by atoms with Crippen LogP contribution in [0.15, 0.2) is 67.0 Å². The SMILES string of the molecule is CC(C)Oc1ccc(C(=O)N[C@H](CCO)Cc2ccc(-c3cn4cccc(Cl)c4n3)cc2)cc1C#N. The maximum absolute atomic E-state index is 12.9. The predicted octanol–water partition coefficient (Wildman–Crippen LogP) is 5.04. The standard InChI is InChI=1S/C28H27ClN4O3/c1-18(2)36-26-10-9-21(15-22(26)16-30)28(35)31-23(11-13-34)14-19-5-7-20(8-6-19)25-17-33-12-3-4-24(29)27(33)32-25/h3-10,12,15,17-18,23,34H,11,13-14H2,1-2H3,(H,31,35)/t23-/m1/s1. The van der Waals surface area contributed by atoms with Crippen molar-refractivity contribution < 1.29 is 14.6 Å². The van der Waals surface area contributed by atoms with Crippen molar-refractivity contribution in [2.45, 2.75) is 38.8 Å². The number of imidazole rings is 1. The molecule has 8 heteroatoms. The minimum absolute atomic E-state index is 0.0599. The van der Waals surface area contributed by atoms with Gasteiger partial charge < -0.3 is 19.6 Å². The van der Waals surface area contributed by atoms with Crippen molar-refractivity contribution in [3.8, 4) is 23.1 Å². The lowest BCUT2D eigenvalue weighted by atomic mass is 10.0. The molecule has 0 saturated heterocycles. The number of amides is 1. The normalized spacial score (nSPS) is 11.9. The number of benzene rings is 2. The summed E-state index contributed by atoms with van der Waals surface area (Å²) in [7, 11) is 0. The molecule has 2 aromatic heterocycles. The number of fused-ring (bicyclic) bond motifs is 1. The molecule has 0 aliphatic rings. The van der Waals surface area contributed by atoms with E-state index in [1.807, 2.05) is 61.0 Å². The number of aromatic nitrogens is 2. The van der Waals surface area contributed by atoms with Gasteiger partial charge in [0.15, 0.2) is 5.65 Å². The molecule has 0 saturated carbocycles. The van der Waals surface area contributed by atoms with E-state index in [9.17, 15) is 15.2 Å². The van der Waals surface area contributed by atoms with Crippen LogP contribution in [0, 0.1) is 11.3 Å². The van der Waals surface area contributed by atoms with E-state index in [2.05, 4.69) is 16.4 Å². The van der Waals surface area contributed by atoms with Gasteiger partial charge >= 0.3 is 0 Å². The third kappa shape index (κ3) is 5.85. The van der Waals surface area contributed by atoms with Crippen LogP contribution in [0.3, 0.4) is 0 Å². The monoisotopic (exact) mass is 502 g/mol. The first-order valence-electron chi connectivity index (χ1n) is 11.7. The van der Waals surface area contributed by atoms with Crippen LogP contribution in [0.5, 0.6) is 5.75 Å². The summed E-state index contributed by atoms with van der Waals surface area (Å²) >= 11 is 6.24. The number of nitriles is 1. The number of hydrogen-bond donors (Lipinski definition) is 2. The molecule has 1 atom stereocenters. The van der Waals surface area contributed by atoms with E-state index in [4.69, 9.17) is 16.3 Å². The van der Waals surface area contributed by atoms with Crippen molar-refractivity contribution in [3.63, 3.8) is 0 Å². The molecule has 4 aromatic rings. The number of carbonyl (C=O) groups excluding carboxylic acids is 1. The number of rotatable bonds is 9. The highest BCUT2D eigenvalue weighted by Crippen LogP contribution is 2.24. The van der Waals surface area contributed by atoms with E-state index in [-0.39, 0.29) is 24.7 Å². The number of ether oxygens (including phenoxy) is 1. The first-order valence-corrected chi connectivity index (χ1v) is 12.1. The highest BCUT2D eigenvalue weighted by atomic mass is 35.5. The first kappa shape index (κ1) is 25.2. The Morgan fingerprint density at radius 3 is 2.67 bits per heavy atom. The molecule has 0 spiro atoms. The fourth-order valence-electron chi connectivity index (χ4n) is 3.98. The molecule has 7 nitrogen and oxygen atoms in total. The summed E-state index contributed by atoms with van der Waals surface area (Å²) in [5.41, 5.74) is 4.15. The van der Waals surface area contributed by atoms with Gasteiger partial charge in [0.25, 0.3) is 5.91 Å². The molecule has 0 aliphatic carbocycles. The molecule has 184 valence electrons. The second kappa shape index (κ2) is 11.3. The number of halogens is 1. The summed E-state index contributed by atoms with van der Waals surface area (Å²) in [5.74, 6) is 0.142. The summed E-state index contributed by atoms with van der Waals surface area (Å²) in [6.07, 6.45) is 4.69. The molecule has 36 heavy (non-hydrogen) atoms. The quantitative estimate of drug-likeness (QED) is 0.334. The van der Waals surface area contributed by atoms with E-state index in [0.717, 1.165) is 16.8 Å². The zero-order valence-corrected chi connectivity index (χ0v) is 20.9. The second-order valence-corrected chi connectivity index (χ2v) is 9.19. The highest BCUT2D eigenvalue weighted by Gasteiger charge is 2.17. The number of nitrogens with zero attached hydrogens (tertiary/aromatic N) is 3. The van der Waals surface area contributed by atoms with Gasteiger partial charge in [-0.05, 0) is 62.6 Å². The van der Waals surface area contributed by atoms with Gasteiger partial charge in [-0.1, -0.05) is 35.9 Å². The van der Waals surface area contributed by atoms with Gasteiger partial charge in [-0.3, -0.25) is 4.79 Å². The van der Waals surface area contributed by atoms with Gasteiger partial charge in [-0.15, -0.1) is 0 Å². The van der Waals surface area contributed by atoms with Gasteiger partial charge in [0.05, 0.1) is 22.4 Å². The fourth-order valence-corrected chi connectivity index (χ4v) is 4.19. The van der Waals surface area contributed by atoms with Crippen LogP contribution in [-0.2, 0) is 6.42 Å². The molecule has 0 unspecified atom stereocenters. The smallest absolute Gasteiger partial charge is 0.251 e. The van der Waals surface area contributed by atoms with E-state index in [1.165, 1.54) is 6.07 Å². The lowest BCUT2D eigenvalue weighted by Gasteiger charge is -2.19. The zero-order valence-electron chi connectivity index (χ0n) is 20.1. The average molecular weight is 503 g/mol. The van der Waals surface area contributed by atoms with Gasteiger partial charge in [0.2, 0.25) is 0 Å². The molecule has 1 amide bonds. The van der Waals surface area contributed by atoms with Crippen molar-refractivity contribution in [2.75, 3.05) is 6.61 Å². The van der Waals surface area contributed by atoms with Crippen LogP contribution in [0.4, 0.5) is 0 Å². The maximum Gasteiger partial charge on any atom is 0.251 e. The van der Waals surface area contributed by atoms with Crippen LogP contribution < -0.4 is 10.1 Å². The average Bonchev–Trinajstić information content (AvgIpc) is 3.30. The Hall–Kier alpha value is -3.86. The number of aliphatic hydroxyl groups is 1. The Balaban J connectivity index is 1.46. The van der Waals surface area contributed by atoms with Crippen LogP contribution in [0.25, 0.3) is 16.9 Å². The van der Waals surface area contributed by atoms with Crippen LogP contribution in [0.1, 0.15) is 41.8 Å². The van der Waals surface area contributed by atoms with Crippen LogP contribution >= 0.6 is 11.6 Å². The number of hydrogen-bond acceptors (Lipinski definition) is 5. The Bertz CT molecular complexity index is 1410.